The molecule has 0 radical (unpaired) electrons. The highest BCUT2D eigenvalue weighted by molar-refractivity contribution is 5.65. The molecule has 0 rings (SSSR count). The first kappa shape index (κ1) is 22.5. The van der Waals surface area contributed by atoms with Crippen molar-refractivity contribution in [2.24, 2.45) is 0 Å². The highest BCUT2D eigenvalue weighted by Gasteiger charge is 1.81. The van der Waals surface area contributed by atoms with Gasteiger partial charge in [-0.15, -0.1) is 0 Å². The molecule has 3 heteroatoms. The molecule has 0 heterocycles. The molecule has 0 aromatic rings. The smallest absolute Gasteiger partial charge is 0.302 e. The molecular formula is C9H24O3. The summed E-state index contributed by atoms with van der Waals surface area (Å²) in [7, 11) is 0. The largest absolute Gasteiger partial charge is 0.466 e. The first-order valence-corrected chi connectivity index (χ1v) is 3.93. The molecule has 0 bridgehead atoms. The standard InChI is InChI=1S/C4H8O2.C2H6O.C2H6.CH4/c1-3-6-4(2)5;1-2-3;1-2;/h3H2,1-2H3;3H,2H2,1H3;1-2H3;1H4. The maximum absolute atomic E-state index is 9.82. The van der Waals surface area contributed by atoms with Crippen molar-refractivity contribution in [1.82, 2.24) is 0 Å². The molecule has 1 N–H and O–H groups in total. The van der Waals surface area contributed by atoms with Crippen molar-refractivity contribution >= 4 is 5.97 Å². The number of hydrogen-bond donors (Lipinski definition) is 1. The Morgan fingerprint density at radius 1 is 1.33 bits per heavy atom. The second-order valence-electron chi connectivity index (χ2n) is 1.24. The molecule has 0 aliphatic carbocycles. The van der Waals surface area contributed by atoms with Crippen molar-refractivity contribution in [3.8, 4) is 0 Å². The minimum atomic E-state index is -0.211. The lowest BCUT2D eigenvalue weighted by Gasteiger charge is -1.89. The molecule has 0 fully saturated rings. The molecule has 0 amide bonds. The number of carbonyl (C=O) groups is 1. The maximum atomic E-state index is 9.82. The molecule has 0 aromatic heterocycles. The van der Waals surface area contributed by atoms with Gasteiger partial charge in [-0.2, -0.15) is 0 Å². The van der Waals surface area contributed by atoms with Crippen LogP contribution in [0.4, 0.5) is 0 Å². The molecule has 12 heavy (non-hydrogen) atoms. The SMILES string of the molecule is C.CC.CCO.CCOC(C)=O. The molecule has 78 valence electrons. The van der Waals surface area contributed by atoms with Crippen LogP contribution in [0.15, 0.2) is 0 Å². The predicted octanol–water partition coefficient (Wildman–Crippen LogP) is 2.23. The average molecular weight is 180 g/mol. The van der Waals surface area contributed by atoms with E-state index >= 15 is 0 Å². The Hall–Kier alpha value is -0.570. The highest BCUT2D eigenvalue weighted by Crippen LogP contribution is 1.69. The molecule has 0 unspecified atom stereocenters. The van der Waals surface area contributed by atoms with Gasteiger partial charge in [-0.25, -0.2) is 0 Å². The van der Waals surface area contributed by atoms with Crippen LogP contribution >= 0.6 is 0 Å². The zero-order valence-corrected chi connectivity index (χ0v) is 8.18. The van der Waals surface area contributed by atoms with Crippen LogP contribution in [0.5, 0.6) is 0 Å². The molecule has 0 atom stereocenters. The van der Waals surface area contributed by atoms with Gasteiger partial charge in [0.15, 0.2) is 0 Å². The summed E-state index contributed by atoms with van der Waals surface area (Å²) in [5.74, 6) is -0.211. The van der Waals surface area contributed by atoms with Gasteiger partial charge in [0.25, 0.3) is 0 Å². The van der Waals surface area contributed by atoms with Gasteiger partial charge in [0, 0.05) is 13.5 Å². The monoisotopic (exact) mass is 180 g/mol. The lowest BCUT2D eigenvalue weighted by atomic mass is 10.8. The van der Waals surface area contributed by atoms with Crippen molar-refractivity contribution in [2.45, 2.75) is 42.0 Å². The topological polar surface area (TPSA) is 46.5 Å². The van der Waals surface area contributed by atoms with Crippen molar-refractivity contribution in [2.75, 3.05) is 13.2 Å². The summed E-state index contributed by atoms with van der Waals surface area (Å²) in [6.45, 7) is 9.58. The van der Waals surface area contributed by atoms with Gasteiger partial charge < -0.3 is 9.84 Å². The van der Waals surface area contributed by atoms with Gasteiger partial charge in [-0.05, 0) is 13.8 Å². The van der Waals surface area contributed by atoms with Crippen LogP contribution in [-0.4, -0.2) is 24.3 Å². The Morgan fingerprint density at radius 3 is 1.58 bits per heavy atom. The van der Waals surface area contributed by atoms with Gasteiger partial charge in [0.2, 0.25) is 0 Å². The number of esters is 1. The highest BCUT2D eigenvalue weighted by atomic mass is 16.5. The second-order valence-corrected chi connectivity index (χ2v) is 1.24. The summed E-state index contributed by atoms with van der Waals surface area (Å²) in [5.41, 5.74) is 0. The fourth-order valence-electron chi connectivity index (χ4n) is 0.203. The van der Waals surface area contributed by atoms with Crippen LogP contribution in [0.25, 0.3) is 0 Å². The lowest BCUT2D eigenvalue weighted by Crippen LogP contribution is -1.95. The van der Waals surface area contributed by atoms with Crippen LogP contribution in [0.1, 0.15) is 42.0 Å². The zero-order valence-electron chi connectivity index (χ0n) is 8.18. The third-order valence-electron chi connectivity index (χ3n) is 0.348. The number of aliphatic hydroxyl groups excluding tert-OH is 1. The minimum absolute atomic E-state index is 0. The van der Waals surface area contributed by atoms with E-state index in [1.54, 1.807) is 13.8 Å². The quantitative estimate of drug-likeness (QED) is 0.629. The van der Waals surface area contributed by atoms with Crippen molar-refractivity contribution in [3.05, 3.63) is 0 Å². The van der Waals surface area contributed by atoms with E-state index in [4.69, 9.17) is 5.11 Å². The molecular weight excluding hydrogens is 156 g/mol. The normalized spacial score (nSPS) is 5.83. The predicted molar refractivity (Wildman–Crippen MR) is 53.1 cm³/mol. The van der Waals surface area contributed by atoms with Crippen molar-refractivity contribution in [1.29, 1.82) is 0 Å². The Balaban J connectivity index is -0.0000000462. The molecule has 0 aliphatic rings. The van der Waals surface area contributed by atoms with Crippen LogP contribution in [0, 0.1) is 0 Å². The number of aliphatic hydroxyl groups is 1. The van der Waals surface area contributed by atoms with Crippen molar-refractivity contribution < 1.29 is 14.6 Å². The van der Waals surface area contributed by atoms with Crippen LogP contribution < -0.4 is 0 Å². The third kappa shape index (κ3) is 113. The second kappa shape index (κ2) is 31.5. The van der Waals surface area contributed by atoms with Gasteiger partial charge in [-0.3, -0.25) is 4.79 Å². The third-order valence-corrected chi connectivity index (χ3v) is 0.348. The van der Waals surface area contributed by atoms with Gasteiger partial charge in [0.1, 0.15) is 0 Å². The van der Waals surface area contributed by atoms with E-state index in [0.29, 0.717) is 6.61 Å². The molecule has 0 aromatic carbocycles. The van der Waals surface area contributed by atoms with Crippen LogP contribution in [0.2, 0.25) is 0 Å². The summed E-state index contributed by atoms with van der Waals surface area (Å²) in [4.78, 5) is 9.82. The first-order chi connectivity index (χ1) is 5.18. The fourth-order valence-corrected chi connectivity index (χ4v) is 0.203. The Morgan fingerprint density at radius 2 is 1.58 bits per heavy atom. The molecule has 0 saturated carbocycles. The van der Waals surface area contributed by atoms with E-state index in [-0.39, 0.29) is 20.0 Å². The lowest BCUT2D eigenvalue weighted by molar-refractivity contribution is -0.140. The molecule has 0 saturated heterocycles. The summed E-state index contributed by atoms with van der Waals surface area (Å²) in [6.07, 6.45) is 0. The van der Waals surface area contributed by atoms with E-state index < -0.39 is 0 Å². The number of carbonyl (C=O) groups excluding carboxylic acids is 1. The molecule has 0 aliphatic heterocycles. The van der Waals surface area contributed by atoms with E-state index in [1.165, 1.54) is 6.92 Å². The Bertz CT molecular complexity index is 62.8. The van der Waals surface area contributed by atoms with Crippen molar-refractivity contribution in [3.63, 3.8) is 0 Å². The molecule has 3 nitrogen and oxygen atoms in total. The van der Waals surface area contributed by atoms with Crippen LogP contribution in [-0.2, 0) is 9.53 Å². The summed E-state index contributed by atoms with van der Waals surface area (Å²) < 4.78 is 4.40. The van der Waals surface area contributed by atoms with Gasteiger partial charge in [0.05, 0.1) is 6.61 Å². The first-order valence-electron chi connectivity index (χ1n) is 3.93. The number of ether oxygens (including phenoxy) is 1. The number of rotatable bonds is 1. The van der Waals surface area contributed by atoms with E-state index in [1.807, 2.05) is 13.8 Å². The zero-order chi connectivity index (χ0) is 9.70. The van der Waals surface area contributed by atoms with Crippen LogP contribution in [0.3, 0.4) is 0 Å². The van der Waals surface area contributed by atoms with E-state index in [9.17, 15) is 4.79 Å². The summed E-state index contributed by atoms with van der Waals surface area (Å²) in [6, 6.07) is 0. The molecule has 0 spiro atoms. The van der Waals surface area contributed by atoms with E-state index in [2.05, 4.69) is 4.74 Å². The maximum Gasteiger partial charge on any atom is 0.302 e. The summed E-state index contributed by atoms with van der Waals surface area (Å²) >= 11 is 0. The van der Waals surface area contributed by atoms with Gasteiger partial charge in [-0.1, -0.05) is 21.3 Å². The average Bonchev–Trinajstić information content (AvgIpc) is 1.93. The summed E-state index contributed by atoms with van der Waals surface area (Å²) in [5, 5.41) is 7.57. The Labute approximate surface area is 76.7 Å². The van der Waals surface area contributed by atoms with Gasteiger partial charge >= 0.3 is 5.97 Å². The minimum Gasteiger partial charge on any atom is -0.466 e. The number of hydrogen-bond acceptors (Lipinski definition) is 3. The Kier molecular flexibility index (Phi) is 59.0. The fraction of sp³-hybridized carbons (Fsp3) is 0.889. The van der Waals surface area contributed by atoms with E-state index in [0.717, 1.165) is 0 Å².